The lowest BCUT2D eigenvalue weighted by Crippen LogP contribution is -2.54. The van der Waals surface area contributed by atoms with E-state index in [1.165, 1.54) is 0 Å². The largest absolute Gasteiger partial charge is 0.353 e. The Hall–Kier alpha value is -1.67. The van der Waals surface area contributed by atoms with Crippen molar-refractivity contribution in [1.29, 1.82) is 0 Å². The van der Waals surface area contributed by atoms with Gasteiger partial charge in [-0.2, -0.15) is 0 Å². The standard InChI is InChI=1S/C15H31N5O3/c1-10(2)13(20-12(21)6-4-5-7-16)15(23)19-11(3)14(22)18-9-8-17/h10-11,13H,4-9,16-17H2,1-3H3,(H,18,22)(H,19,23)(H,20,21)/t11-,13?/m0/s1. The first-order valence-electron chi connectivity index (χ1n) is 8.11. The molecule has 0 radical (unpaired) electrons. The van der Waals surface area contributed by atoms with E-state index in [9.17, 15) is 14.4 Å². The molecule has 0 spiro atoms. The van der Waals surface area contributed by atoms with Gasteiger partial charge in [0.25, 0.3) is 0 Å². The first-order valence-corrected chi connectivity index (χ1v) is 8.11. The molecular weight excluding hydrogens is 298 g/mol. The van der Waals surface area contributed by atoms with Crippen LogP contribution in [-0.4, -0.2) is 49.4 Å². The number of carbonyl (C=O) groups is 3. The molecule has 0 aliphatic carbocycles. The number of nitrogens with one attached hydrogen (secondary N) is 3. The molecule has 1 unspecified atom stereocenters. The van der Waals surface area contributed by atoms with Gasteiger partial charge in [-0.25, -0.2) is 0 Å². The highest BCUT2D eigenvalue weighted by atomic mass is 16.2. The Labute approximate surface area is 138 Å². The Morgan fingerprint density at radius 1 is 0.913 bits per heavy atom. The smallest absolute Gasteiger partial charge is 0.243 e. The monoisotopic (exact) mass is 329 g/mol. The molecule has 0 rings (SSSR count). The zero-order valence-electron chi connectivity index (χ0n) is 14.4. The summed E-state index contributed by atoms with van der Waals surface area (Å²) >= 11 is 0. The van der Waals surface area contributed by atoms with Crippen LogP contribution in [0.4, 0.5) is 0 Å². The fourth-order valence-corrected chi connectivity index (χ4v) is 1.93. The molecular formula is C15H31N5O3. The van der Waals surface area contributed by atoms with Crippen LogP contribution in [0, 0.1) is 5.92 Å². The lowest BCUT2D eigenvalue weighted by atomic mass is 10.0. The second kappa shape index (κ2) is 11.8. The summed E-state index contributed by atoms with van der Waals surface area (Å²) in [6.07, 6.45) is 1.79. The van der Waals surface area contributed by atoms with Gasteiger partial charge < -0.3 is 27.4 Å². The maximum absolute atomic E-state index is 12.3. The van der Waals surface area contributed by atoms with Crippen LogP contribution in [0.1, 0.15) is 40.0 Å². The molecule has 8 nitrogen and oxygen atoms in total. The van der Waals surface area contributed by atoms with E-state index in [4.69, 9.17) is 11.5 Å². The van der Waals surface area contributed by atoms with Crippen molar-refractivity contribution in [3.05, 3.63) is 0 Å². The summed E-state index contributed by atoms with van der Waals surface area (Å²) in [5.41, 5.74) is 10.7. The predicted octanol–water partition coefficient (Wildman–Crippen LogP) is -1.16. The molecule has 0 bridgehead atoms. The van der Waals surface area contributed by atoms with E-state index in [2.05, 4.69) is 16.0 Å². The summed E-state index contributed by atoms with van der Waals surface area (Å²) in [6, 6.07) is -1.37. The highest BCUT2D eigenvalue weighted by molar-refractivity contribution is 5.92. The van der Waals surface area contributed by atoms with Gasteiger partial charge in [0.05, 0.1) is 0 Å². The van der Waals surface area contributed by atoms with Gasteiger partial charge in [-0.1, -0.05) is 13.8 Å². The maximum atomic E-state index is 12.3. The van der Waals surface area contributed by atoms with E-state index >= 15 is 0 Å². The van der Waals surface area contributed by atoms with Gasteiger partial charge in [0.1, 0.15) is 12.1 Å². The van der Waals surface area contributed by atoms with Gasteiger partial charge in [0.15, 0.2) is 0 Å². The van der Waals surface area contributed by atoms with Gasteiger partial charge in [-0.15, -0.1) is 0 Å². The van der Waals surface area contributed by atoms with Crippen LogP contribution >= 0.6 is 0 Å². The molecule has 7 N–H and O–H groups in total. The van der Waals surface area contributed by atoms with E-state index in [1.807, 2.05) is 13.8 Å². The molecule has 0 saturated carbocycles. The molecule has 2 atom stereocenters. The fourth-order valence-electron chi connectivity index (χ4n) is 1.93. The first-order chi connectivity index (χ1) is 10.8. The van der Waals surface area contributed by atoms with Gasteiger partial charge in [0.2, 0.25) is 17.7 Å². The second-order valence-corrected chi connectivity index (χ2v) is 5.84. The molecule has 0 aliphatic heterocycles. The molecule has 0 aromatic rings. The number of nitrogens with two attached hydrogens (primary N) is 2. The quantitative estimate of drug-likeness (QED) is 0.304. The number of amides is 3. The minimum atomic E-state index is -0.690. The van der Waals surface area contributed by atoms with Gasteiger partial charge in [-0.3, -0.25) is 14.4 Å². The Bertz CT molecular complexity index is 387. The molecule has 0 heterocycles. The van der Waals surface area contributed by atoms with Crippen molar-refractivity contribution in [3.63, 3.8) is 0 Å². The van der Waals surface area contributed by atoms with E-state index in [0.29, 0.717) is 32.5 Å². The van der Waals surface area contributed by atoms with E-state index in [0.717, 1.165) is 6.42 Å². The Balaban J connectivity index is 4.50. The normalized spacial score (nSPS) is 13.3. The highest BCUT2D eigenvalue weighted by Crippen LogP contribution is 2.04. The Morgan fingerprint density at radius 2 is 1.57 bits per heavy atom. The van der Waals surface area contributed by atoms with Crippen LogP contribution in [0.25, 0.3) is 0 Å². The summed E-state index contributed by atoms with van der Waals surface area (Å²) in [7, 11) is 0. The van der Waals surface area contributed by atoms with Crippen molar-refractivity contribution >= 4 is 17.7 Å². The highest BCUT2D eigenvalue weighted by Gasteiger charge is 2.26. The van der Waals surface area contributed by atoms with Crippen molar-refractivity contribution in [3.8, 4) is 0 Å². The van der Waals surface area contributed by atoms with E-state index in [-0.39, 0.29) is 23.6 Å². The maximum Gasteiger partial charge on any atom is 0.243 e. The summed E-state index contributed by atoms with van der Waals surface area (Å²) < 4.78 is 0. The van der Waals surface area contributed by atoms with Gasteiger partial charge in [0, 0.05) is 19.5 Å². The number of carbonyl (C=O) groups excluding carboxylic acids is 3. The van der Waals surface area contributed by atoms with Crippen LogP contribution in [0.5, 0.6) is 0 Å². The molecule has 0 aromatic heterocycles. The third-order valence-electron chi connectivity index (χ3n) is 3.32. The first kappa shape index (κ1) is 21.3. The summed E-state index contributed by atoms with van der Waals surface area (Å²) in [6.45, 7) is 6.48. The third kappa shape index (κ3) is 9.14. The molecule has 8 heteroatoms. The number of hydrogen-bond donors (Lipinski definition) is 5. The van der Waals surface area contributed by atoms with Crippen molar-refractivity contribution in [2.24, 2.45) is 17.4 Å². The second-order valence-electron chi connectivity index (χ2n) is 5.84. The van der Waals surface area contributed by atoms with Crippen molar-refractivity contribution in [2.75, 3.05) is 19.6 Å². The molecule has 0 aliphatic rings. The van der Waals surface area contributed by atoms with Crippen molar-refractivity contribution < 1.29 is 14.4 Å². The van der Waals surface area contributed by atoms with Crippen molar-refractivity contribution in [1.82, 2.24) is 16.0 Å². The zero-order chi connectivity index (χ0) is 17.8. The minimum absolute atomic E-state index is 0.0900. The van der Waals surface area contributed by atoms with Crippen LogP contribution in [-0.2, 0) is 14.4 Å². The van der Waals surface area contributed by atoms with Crippen LogP contribution in [0.2, 0.25) is 0 Å². The number of rotatable bonds is 11. The lowest BCUT2D eigenvalue weighted by Gasteiger charge is -2.23. The van der Waals surface area contributed by atoms with Crippen molar-refractivity contribution in [2.45, 2.75) is 52.1 Å². The van der Waals surface area contributed by atoms with Crippen LogP contribution in [0.3, 0.4) is 0 Å². The van der Waals surface area contributed by atoms with Crippen LogP contribution in [0.15, 0.2) is 0 Å². The van der Waals surface area contributed by atoms with E-state index < -0.39 is 12.1 Å². The molecule has 0 saturated heterocycles. The van der Waals surface area contributed by atoms with E-state index in [1.54, 1.807) is 6.92 Å². The SMILES string of the molecule is CC(C)C(NC(=O)CCCCN)C(=O)N[C@@H](C)C(=O)NCCN. The summed E-state index contributed by atoms with van der Waals surface area (Å²) in [4.78, 5) is 35.9. The summed E-state index contributed by atoms with van der Waals surface area (Å²) in [5, 5.41) is 7.94. The topological polar surface area (TPSA) is 139 Å². The fraction of sp³-hybridized carbons (Fsp3) is 0.800. The minimum Gasteiger partial charge on any atom is -0.353 e. The molecule has 0 aromatic carbocycles. The van der Waals surface area contributed by atoms with Gasteiger partial charge in [-0.05, 0) is 32.2 Å². The Morgan fingerprint density at radius 3 is 2.09 bits per heavy atom. The number of hydrogen-bond acceptors (Lipinski definition) is 5. The molecule has 134 valence electrons. The molecule has 0 fully saturated rings. The number of unbranched alkanes of at least 4 members (excludes halogenated alkanes) is 1. The average molecular weight is 329 g/mol. The Kier molecular flexibility index (Phi) is 11.0. The lowest BCUT2D eigenvalue weighted by molar-refractivity contribution is -0.132. The zero-order valence-corrected chi connectivity index (χ0v) is 14.4. The molecule has 3 amide bonds. The molecule has 23 heavy (non-hydrogen) atoms. The van der Waals surface area contributed by atoms with Gasteiger partial charge >= 0.3 is 0 Å². The third-order valence-corrected chi connectivity index (χ3v) is 3.32. The predicted molar refractivity (Wildman–Crippen MR) is 89.3 cm³/mol. The average Bonchev–Trinajstić information content (AvgIpc) is 2.49. The summed E-state index contributed by atoms with van der Waals surface area (Å²) in [5.74, 6) is -0.955. The van der Waals surface area contributed by atoms with Crippen LogP contribution < -0.4 is 27.4 Å².